The number of hydrogen-bond acceptors (Lipinski definition) is 5. The minimum Gasteiger partial charge on any atom is -0.366 e. The molecule has 0 aliphatic carbocycles. The summed E-state index contributed by atoms with van der Waals surface area (Å²) in [6.07, 6.45) is 3.01. The number of pyridine rings is 1. The summed E-state index contributed by atoms with van der Waals surface area (Å²) in [5.41, 5.74) is 6.41. The number of primary amides is 1. The molecule has 1 aromatic carbocycles. The molecule has 1 fully saturated rings. The lowest BCUT2D eigenvalue weighted by atomic mass is 10.1. The summed E-state index contributed by atoms with van der Waals surface area (Å²) in [6.45, 7) is 1.45. The van der Waals surface area contributed by atoms with E-state index in [2.05, 4.69) is 32.5 Å². The smallest absolute Gasteiger partial charge is 0.250 e. The van der Waals surface area contributed by atoms with Crippen LogP contribution in [0.5, 0.6) is 0 Å². The number of benzene rings is 1. The Kier molecular flexibility index (Phi) is 6.66. The van der Waals surface area contributed by atoms with Crippen LogP contribution in [0.3, 0.4) is 0 Å². The van der Waals surface area contributed by atoms with Gasteiger partial charge in [-0.25, -0.2) is 17.8 Å². The first-order valence-electron chi connectivity index (χ1n) is 8.89. The minimum atomic E-state index is -3.57. The van der Waals surface area contributed by atoms with E-state index in [1.165, 1.54) is 30.5 Å². The number of aromatic nitrogens is 1. The molecule has 3 rings (SSSR count). The van der Waals surface area contributed by atoms with Crippen LogP contribution >= 0.6 is 22.6 Å². The number of piperidine rings is 1. The third-order valence-electron chi connectivity index (χ3n) is 4.94. The van der Waals surface area contributed by atoms with Crippen molar-refractivity contribution in [2.24, 2.45) is 5.73 Å². The molecule has 2 unspecified atom stereocenters. The molecule has 2 heterocycles. The highest BCUT2D eigenvalue weighted by Crippen LogP contribution is 2.30. The summed E-state index contributed by atoms with van der Waals surface area (Å²) in [5.74, 6) is -0.891. The largest absolute Gasteiger partial charge is 0.366 e. The summed E-state index contributed by atoms with van der Waals surface area (Å²) >= 11 is 2.28. The van der Waals surface area contributed by atoms with E-state index in [9.17, 15) is 17.6 Å². The van der Waals surface area contributed by atoms with Crippen LogP contribution in [0.15, 0.2) is 47.6 Å². The number of nitrogens with two attached hydrogens (primary N) is 1. The highest BCUT2D eigenvalue weighted by atomic mass is 127. The van der Waals surface area contributed by atoms with Crippen LogP contribution in [0, 0.1) is 5.82 Å². The van der Waals surface area contributed by atoms with Crippen molar-refractivity contribution in [1.29, 1.82) is 0 Å². The highest BCUT2D eigenvalue weighted by Gasteiger charge is 2.36. The van der Waals surface area contributed by atoms with Crippen LogP contribution in [0.1, 0.15) is 28.8 Å². The van der Waals surface area contributed by atoms with E-state index in [1.54, 1.807) is 12.1 Å². The Labute approximate surface area is 177 Å². The van der Waals surface area contributed by atoms with Gasteiger partial charge in [-0.15, -0.1) is 0 Å². The van der Waals surface area contributed by atoms with E-state index >= 15 is 0 Å². The Morgan fingerprint density at radius 2 is 1.96 bits per heavy atom. The Morgan fingerprint density at radius 3 is 2.54 bits per heavy atom. The van der Waals surface area contributed by atoms with Gasteiger partial charge in [-0.1, -0.05) is 34.7 Å². The number of carbonyl (C=O) groups excluding carboxylic acids is 1. The van der Waals surface area contributed by atoms with Gasteiger partial charge in [0.2, 0.25) is 5.91 Å². The maximum atomic E-state index is 13.0. The predicted molar refractivity (Wildman–Crippen MR) is 112 cm³/mol. The number of hydrogen-bond donors (Lipinski definition) is 1. The molecule has 1 saturated heterocycles. The second-order valence-electron chi connectivity index (χ2n) is 6.79. The van der Waals surface area contributed by atoms with Gasteiger partial charge in [0, 0.05) is 19.3 Å². The third kappa shape index (κ3) is 4.87. The van der Waals surface area contributed by atoms with Gasteiger partial charge in [0.1, 0.15) is 5.82 Å². The zero-order valence-electron chi connectivity index (χ0n) is 15.1. The molecule has 2 aromatic rings. The van der Waals surface area contributed by atoms with Crippen molar-refractivity contribution < 1.29 is 17.6 Å². The topological polar surface area (TPSA) is 93.4 Å². The molecule has 9 heteroatoms. The molecule has 28 heavy (non-hydrogen) atoms. The van der Waals surface area contributed by atoms with Gasteiger partial charge in [0.05, 0.1) is 14.9 Å². The number of halogens is 2. The normalized spacial score (nSPS) is 20.8. The van der Waals surface area contributed by atoms with E-state index in [-0.39, 0.29) is 20.5 Å². The molecule has 2 N–H and O–H groups in total. The van der Waals surface area contributed by atoms with Crippen molar-refractivity contribution in [2.75, 3.05) is 13.1 Å². The monoisotopic (exact) mass is 517 g/mol. The number of nitrogens with zero attached hydrogens (tertiary/aromatic N) is 2. The van der Waals surface area contributed by atoms with E-state index in [0.717, 1.165) is 18.5 Å². The maximum absolute atomic E-state index is 13.0. The lowest BCUT2D eigenvalue weighted by Crippen LogP contribution is -2.44. The van der Waals surface area contributed by atoms with Crippen molar-refractivity contribution in [3.8, 4) is 0 Å². The number of sulfone groups is 1. The van der Waals surface area contributed by atoms with Gasteiger partial charge in [-0.2, -0.15) is 0 Å². The zero-order valence-corrected chi connectivity index (χ0v) is 18.1. The van der Waals surface area contributed by atoms with Crippen molar-refractivity contribution in [3.63, 3.8) is 0 Å². The average molecular weight is 517 g/mol. The molecule has 0 radical (unpaired) electrons. The van der Waals surface area contributed by atoms with E-state index in [1.807, 2.05) is 0 Å². The second kappa shape index (κ2) is 8.83. The minimum absolute atomic E-state index is 0.0223. The van der Waals surface area contributed by atoms with E-state index in [4.69, 9.17) is 5.73 Å². The molecule has 150 valence electrons. The van der Waals surface area contributed by atoms with Crippen molar-refractivity contribution in [2.45, 2.75) is 33.6 Å². The summed E-state index contributed by atoms with van der Waals surface area (Å²) in [5, 5.41) is -0.533. The fourth-order valence-corrected chi connectivity index (χ4v) is 6.42. The number of amides is 1. The highest BCUT2D eigenvalue weighted by molar-refractivity contribution is 14.1. The SMILES string of the molecule is NC(=O)c1ccc(S(=O)(=O)C2CCN(CCc3ccc(F)cc3)C(I)C2)nc1. The van der Waals surface area contributed by atoms with Crippen LogP contribution in [-0.2, 0) is 16.3 Å². The molecule has 1 amide bonds. The molecule has 1 aliphatic heterocycles. The Balaban J connectivity index is 1.62. The summed E-state index contributed by atoms with van der Waals surface area (Å²) in [7, 11) is -3.57. The quantitative estimate of drug-likeness (QED) is 0.361. The first-order valence-corrected chi connectivity index (χ1v) is 11.7. The lowest BCUT2D eigenvalue weighted by molar-refractivity contribution is 0.1000. The first kappa shape index (κ1) is 21.1. The summed E-state index contributed by atoms with van der Waals surface area (Å²) in [4.78, 5) is 17.3. The molecule has 2 atom stereocenters. The van der Waals surface area contributed by atoms with Gasteiger partial charge < -0.3 is 5.73 Å². The first-order chi connectivity index (χ1) is 13.3. The standard InChI is InChI=1S/C19H21FIN3O3S/c20-15-4-1-13(2-5-15)7-9-24-10-8-16(11-17(24)21)28(26,27)18-6-3-14(12-23-18)19(22)25/h1-6,12,16-17H,7-11H2,(H2,22,25). The lowest BCUT2D eigenvalue weighted by Gasteiger charge is -2.36. The van der Waals surface area contributed by atoms with Crippen LogP contribution < -0.4 is 5.73 Å². The van der Waals surface area contributed by atoms with Crippen LogP contribution in [0.25, 0.3) is 0 Å². The van der Waals surface area contributed by atoms with Crippen LogP contribution in [0.4, 0.5) is 4.39 Å². The van der Waals surface area contributed by atoms with Crippen LogP contribution in [-0.4, -0.2) is 46.6 Å². The average Bonchev–Trinajstić information content (AvgIpc) is 2.68. The molecule has 0 saturated carbocycles. The molecule has 0 spiro atoms. The van der Waals surface area contributed by atoms with Crippen LogP contribution in [0.2, 0.25) is 0 Å². The molecule has 1 aliphatic rings. The number of alkyl halides is 1. The summed E-state index contributed by atoms with van der Waals surface area (Å²) in [6, 6.07) is 9.19. The maximum Gasteiger partial charge on any atom is 0.250 e. The molecule has 1 aromatic heterocycles. The van der Waals surface area contributed by atoms with E-state index in [0.29, 0.717) is 19.4 Å². The fourth-order valence-electron chi connectivity index (χ4n) is 3.26. The van der Waals surface area contributed by atoms with Crippen molar-refractivity contribution >= 4 is 38.3 Å². The molecule has 6 nitrogen and oxygen atoms in total. The van der Waals surface area contributed by atoms with Gasteiger partial charge in [-0.3, -0.25) is 9.69 Å². The number of likely N-dealkylation sites (tertiary alicyclic amines) is 1. The Hall–Kier alpha value is -1.59. The van der Waals surface area contributed by atoms with Gasteiger partial charge >= 0.3 is 0 Å². The predicted octanol–water partition coefficient (Wildman–Crippen LogP) is 2.56. The zero-order chi connectivity index (χ0) is 20.3. The fraction of sp³-hybridized carbons (Fsp3) is 0.368. The molecular formula is C19H21FIN3O3S. The number of rotatable bonds is 6. The van der Waals surface area contributed by atoms with Gasteiger partial charge in [0.25, 0.3) is 0 Å². The van der Waals surface area contributed by atoms with Crippen molar-refractivity contribution in [3.05, 3.63) is 59.5 Å². The molecular weight excluding hydrogens is 496 g/mol. The Morgan fingerprint density at radius 1 is 1.25 bits per heavy atom. The van der Waals surface area contributed by atoms with Gasteiger partial charge in [-0.05, 0) is 49.1 Å². The molecule has 0 bridgehead atoms. The van der Waals surface area contributed by atoms with Crippen molar-refractivity contribution in [1.82, 2.24) is 9.88 Å². The summed E-state index contributed by atoms with van der Waals surface area (Å²) < 4.78 is 38.9. The third-order valence-corrected chi connectivity index (χ3v) is 8.37. The Bertz CT molecular complexity index is 936. The number of carbonyl (C=O) groups is 1. The van der Waals surface area contributed by atoms with Gasteiger partial charge in [0.15, 0.2) is 14.9 Å². The van der Waals surface area contributed by atoms with E-state index < -0.39 is 21.0 Å². The second-order valence-corrected chi connectivity index (χ2v) is 10.4.